The quantitative estimate of drug-likeness (QED) is 0.133. The SMILES string of the molecule is CC(C)CN(CC(O)C(=O)OCc1ccccc1)C(=O)N[C@H](C(=O)OCc1ccccc1)c1ccc(-c2ccc3ccccc3c2)cc1. The molecule has 0 aromatic heterocycles. The fourth-order valence-electron chi connectivity index (χ4n) is 5.33. The summed E-state index contributed by atoms with van der Waals surface area (Å²) in [6.07, 6.45) is -1.58. The molecule has 0 heterocycles. The molecule has 0 saturated carbocycles. The van der Waals surface area contributed by atoms with Crippen molar-refractivity contribution in [3.05, 3.63) is 144 Å². The van der Waals surface area contributed by atoms with E-state index in [9.17, 15) is 19.5 Å². The molecule has 5 rings (SSSR count). The molecule has 2 N–H and O–H groups in total. The number of carbonyl (C=O) groups excluding carboxylic acids is 3. The minimum Gasteiger partial charge on any atom is -0.459 e. The summed E-state index contributed by atoms with van der Waals surface area (Å²) >= 11 is 0. The predicted molar refractivity (Wildman–Crippen MR) is 186 cm³/mol. The Balaban J connectivity index is 1.33. The third kappa shape index (κ3) is 9.30. The molecule has 0 aliphatic heterocycles. The summed E-state index contributed by atoms with van der Waals surface area (Å²) in [5.74, 6) is -1.48. The van der Waals surface area contributed by atoms with Gasteiger partial charge in [0.05, 0.1) is 6.54 Å². The first-order valence-corrected chi connectivity index (χ1v) is 16.0. The first-order chi connectivity index (χ1) is 23.3. The highest BCUT2D eigenvalue weighted by Gasteiger charge is 2.30. The number of amides is 2. The molecule has 1 unspecified atom stereocenters. The Bertz CT molecular complexity index is 1810. The molecule has 2 atom stereocenters. The van der Waals surface area contributed by atoms with E-state index in [2.05, 4.69) is 29.6 Å². The van der Waals surface area contributed by atoms with E-state index in [1.807, 2.05) is 105 Å². The molecule has 5 aromatic carbocycles. The third-order valence-electron chi connectivity index (χ3n) is 7.82. The van der Waals surface area contributed by atoms with Crippen molar-refractivity contribution < 1.29 is 29.0 Å². The van der Waals surface area contributed by atoms with E-state index in [1.54, 1.807) is 12.1 Å². The molecule has 0 aliphatic carbocycles. The van der Waals surface area contributed by atoms with Crippen molar-refractivity contribution in [2.45, 2.75) is 39.2 Å². The van der Waals surface area contributed by atoms with Crippen LogP contribution >= 0.6 is 0 Å². The van der Waals surface area contributed by atoms with Gasteiger partial charge in [0.25, 0.3) is 0 Å². The highest BCUT2D eigenvalue weighted by molar-refractivity contribution is 5.88. The minimum absolute atomic E-state index is 0.00234. The normalized spacial score (nSPS) is 12.2. The van der Waals surface area contributed by atoms with Crippen molar-refractivity contribution in [2.24, 2.45) is 5.92 Å². The molecular formula is C40H40N2O6. The molecule has 8 heteroatoms. The predicted octanol–water partition coefficient (Wildman–Crippen LogP) is 7.06. The number of carbonyl (C=O) groups is 3. The van der Waals surface area contributed by atoms with E-state index in [1.165, 1.54) is 4.90 Å². The van der Waals surface area contributed by atoms with Crippen molar-refractivity contribution in [2.75, 3.05) is 13.1 Å². The van der Waals surface area contributed by atoms with Gasteiger partial charge in [-0.25, -0.2) is 14.4 Å². The molecule has 0 bridgehead atoms. The van der Waals surface area contributed by atoms with Gasteiger partial charge in [0, 0.05) is 6.54 Å². The third-order valence-corrected chi connectivity index (χ3v) is 7.82. The molecule has 0 spiro atoms. The van der Waals surface area contributed by atoms with Crippen molar-refractivity contribution >= 4 is 28.7 Å². The van der Waals surface area contributed by atoms with Gasteiger partial charge >= 0.3 is 18.0 Å². The molecule has 246 valence electrons. The Hall–Kier alpha value is -5.47. The lowest BCUT2D eigenvalue weighted by Crippen LogP contribution is -2.49. The van der Waals surface area contributed by atoms with Crippen LogP contribution in [0, 0.1) is 5.92 Å². The number of aliphatic hydroxyl groups excluding tert-OH is 1. The average Bonchev–Trinajstić information content (AvgIpc) is 3.12. The minimum atomic E-state index is -1.58. The molecule has 48 heavy (non-hydrogen) atoms. The van der Waals surface area contributed by atoms with Crippen LogP contribution in [0.5, 0.6) is 0 Å². The van der Waals surface area contributed by atoms with Gasteiger partial charge in [-0.2, -0.15) is 0 Å². The largest absolute Gasteiger partial charge is 0.459 e. The smallest absolute Gasteiger partial charge is 0.337 e. The van der Waals surface area contributed by atoms with Gasteiger partial charge in [0.2, 0.25) is 0 Å². The van der Waals surface area contributed by atoms with Gasteiger partial charge in [-0.3, -0.25) is 0 Å². The molecule has 0 radical (unpaired) electrons. The average molecular weight is 645 g/mol. The van der Waals surface area contributed by atoms with Crippen molar-refractivity contribution in [1.29, 1.82) is 0 Å². The number of esters is 2. The number of fused-ring (bicyclic) bond motifs is 1. The molecule has 0 saturated heterocycles. The van der Waals surface area contributed by atoms with E-state index in [0.717, 1.165) is 33.0 Å². The second kappa shape index (κ2) is 16.4. The lowest BCUT2D eigenvalue weighted by molar-refractivity contribution is -0.155. The van der Waals surface area contributed by atoms with Crippen LogP contribution in [-0.4, -0.2) is 47.2 Å². The fourth-order valence-corrected chi connectivity index (χ4v) is 5.33. The Labute approximate surface area is 280 Å². The van der Waals surface area contributed by atoms with Crippen LogP contribution in [-0.2, 0) is 32.3 Å². The summed E-state index contributed by atoms with van der Waals surface area (Å²) in [7, 11) is 0. The summed E-state index contributed by atoms with van der Waals surface area (Å²) in [5.41, 5.74) is 4.08. The summed E-state index contributed by atoms with van der Waals surface area (Å²) in [5, 5.41) is 15.8. The van der Waals surface area contributed by atoms with Crippen molar-refractivity contribution in [1.82, 2.24) is 10.2 Å². The number of hydrogen-bond donors (Lipinski definition) is 2. The van der Waals surface area contributed by atoms with E-state index < -0.39 is 30.1 Å². The van der Waals surface area contributed by atoms with Gasteiger partial charge in [-0.15, -0.1) is 0 Å². The monoisotopic (exact) mass is 644 g/mol. The molecule has 2 amide bonds. The topological polar surface area (TPSA) is 105 Å². The maximum absolute atomic E-state index is 13.7. The number of hydrogen-bond acceptors (Lipinski definition) is 6. The Kier molecular flexibility index (Phi) is 11.6. The van der Waals surface area contributed by atoms with E-state index in [-0.39, 0.29) is 32.2 Å². The van der Waals surface area contributed by atoms with Crippen LogP contribution in [0.4, 0.5) is 4.79 Å². The molecule has 5 aromatic rings. The van der Waals surface area contributed by atoms with Gasteiger partial charge in [0.1, 0.15) is 13.2 Å². The zero-order valence-corrected chi connectivity index (χ0v) is 27.1. The van der Waals surface area contributed by atoms with Crippen LogP contribution in [0.15, 0.2) is 127 Å². The lowest BCUT2D eigenvalue weighted by atomic mass is 9.98. The van der Waals surface area contributed by atoms with Crippen molar-refractivity contribution in [3.63, 3.8) is 0 Å². The van der Waals surface area contributed by atoms with Gasteiger partial charge in [-0.1, -0.05) is 135 Å². The number of rotatable bonds is 13. The van der Waals surface area contributed by atoms with Crippen LogP contribution in [0.3, 0.4) is 0 Å². The summed E-state index contributed by atoms with van der Waals surface area (Å²) < 4.78 is 11.0. The maximum atomic E-state index is 13.7. The Morgan fingerprint density at radius 1 is 0.646 bits per heavy atom. The van der Waals surface area contributed by atoms with Crippen LogP contribution in [0.2, 0.25) is 0 Å². The van der Waals surface area contributed by atoms with Gasteiger partial charge < -0.3 is 24.8 Å². The number of benzene rings is 5. The zero-order chi connectivity index (χ0) is 33.9. The molecule has 0 fully saturated rings. The van der Waals surface area contributed by atoms with E-state index >= 15 is 0 Å². The van der Waals surface area contributed by atoms with Gasteiger partial charge in [0.15, 0.2) is 12.1 Å². The second-order valence-corrected chi connectivity index (χ2v) is 12.1. The fraction of sp³-hybridized carbons (Fsp3) is 0.225. The molecule has 0 aliphatic rings. The molecule has 8 nitrogen and oxygen atoms in total. The second-order valence-electron chi connectivity index (χ2n) is 12.1. The van der Waals surface area contributed by atoms with Crippen molar-refractivity contribution in [3.8, 4) is 11.1 Å². The Morgan fingerprint density at radius 2 is 1.19 bits per heavy atom. The number of nitrogens with zero attached hydrogens (tertiary/aromatic N) is 1. The van der Waals surface area contributed by atoms with Crippen LogP contribution < -0.4 is 5.32 Å². The summed E-state index contributed by atoms with van der Waals surface area (Å²) in [6, 6.07) is 38.4. The summed E-state index contributed by atoms with van der Waals surface area (Å²) in [6.45, 7) is 3.77. The number of ether oxygens (including phenoxy) is 2. The number of urea groups is 1. The highest BCUT2D eigenvalue weighted by Crippen LogP contribution is 2.27. The maximum Gasteiger partial charge on any atom is 0.337 e. The van der Waals surface area contributed by atoms with Crippen LogP contribution in [0.1, 0.15) is 36.6 Å². The standard InChI is InChI=1S/C40H40N2O6/c1-28(2)24-42(25-36(43)38(44)47-26-29-11-5-3-6-12-29)40(46)41-37(39(45)48-27-30-13-7-4-8-14-30)33-20-17-32(18-21-33)35-22-19-31-15-9-10-16-34(31)23-35/h3-23,28,36-37,43H,24-27H2,1-2H3,(H,41,46)/t36?,37-/m0/s1. The number of nitrogens with one attached hydrogen (secondary N) is 1. The first kappa shape index (κ1) is 33.9. The highest BCUT2D eigenvalue weighted by atomic mass is 16.5. The molecular weight excluding hydrogens is 604 g/mol. The van der Waals surface area contributed by atoms with E-state index in [4.69, 9.17) is 9.47 Å². The van der Waals surface area contributed by atoms with Crippen LogP contribution in [0.25, 0.3) is 21.9 Å². The summed E-state index contributed by atoms with van der Waals surface area (Å²) in [4.78, 5) is 41.3. The number of aliphatic hydroxyl groups is 1. The first-order valence-electron chi connectivity index (χ1n) is 16.0. The lowest BCUT2D eigenvalue weighted by Gasteiger charge is -2.28. The van der Waals surface area contributed by atoms with E-state index in [0.29, 0.717) is 5.56 Å². The zero-order valence-electron chi connectivity index (χ0n) is 27.1. The van der Waals surface area contributed by atoms with Gasteiger partial charge in [-0.05, 0) is 50.6 Å². The Morgan fingerprint density at radius 3 is 1.79 bits per heavy atom.